The molecule has 3 atom stereocenters. The van der Waals surface area contributed by atoms with Gasteiger partial charge in [-0.1, -0.05) is 12.1 Å². The maximum absolute atomic E-state index is 13.2. The van der Waals surface area contributed by atoms with Gasteiger partial charge >= 0.3 is 5.97 Å². The van der Waals surface area contributed by atoms with Crippen molar-refractivity contribution in [3.63, 3.8) is 0 Å². The second-order valence-electron chi connectivity index (χ2n) is 7.39. The molecular formula is C22H25NO5. The van der Waals surface area contributed by atoms with E-state index in [2.05, 4.69) is 4.90 Å². The number of rotatable bonds is 4. The van der Waals surface area contributed by atoms with Crippen molar-refractivity contribution in [3.05, 3.63) is 53.6 Å². The van der Waals surface area contributed by atoms with Gasteiger partial charge in [0.15, 0.2) is 0 Å². The number of likely N-dealkylation sites (tertiary alicyclic amines) is 1. The normalized spacial score (nSPS) is 26.0. The summed E-state index contributed by atoms with van der Waals surface area (Å²) in [4.78, 5) is 15.4. The van der Waals surface area contributed by atoms with Crippen molar-refractivity contribution in [1.29, 1.82) is 0 Å². The lowest BCUT2D eigenvalue weighted by molar-refractivity contribution is -0.159. The Labute approximate surface area is 165 Å². The van der Waals surface area contributed by atoms with Crippen molar-refractivity contribution >= 4 is 5.97 Å². The maximum atomic E-state index is 13.2. The number of benzene rings is 2. The zero-order valence-corrected chi connectivity index (χ0v) is 16.6. The number of carbonyl (C=O) groups excluding carboxylic acids is 1. The van der Waals surface area contributed by atoms with Crippen LogP contribution in [-0.2, 0) is 9.53 Å². The molecule has 0 saturated carbocycles. The molecule has 2 heterocycles. The first-order valence-corrected chi connectivity index (χ1v) is 9.28. The molecule has 0 radical (unpaired) electrons. The van der Waals surface area contributed by atoms with Crippen LogP contribution in [0, 0.1) is 5.41 Å². The summed E-state index contributed by atoms with van der Waals surface area (Å²) in [6.07, 6.45) is 0. The third-order valence-corrected chi connectivity index (χ3v) is 6.08. The highest BCUT2D eigenvalue weighted by atomic mass is 16.5. The fourth-order valence-electron chi connectivity index (χ4n) is 4.77. The predicted octanol–water partition coefficient (Wildman–Crippen LogP) is 3.03. The lowest BCUT2D eigenvalue weighted by Gasteiger charge is -2.42. The number of methoxy groups -OCH3 is 3. The molecule has 0 aliphatic carbocycles. The minimum Gasteiger partial charge on any atom is -0.497 e. The molecule has 6 nitrogen and oxygen atoms in total. The Morgan fingerprint density at radius 1 is 1.07 bits per heavy atom. The molecular weight excluding hydrogens is 358 g/mol. The monoisotopic (exact) mass is 383 g/mol. The fraction of sp³-hybridized carbons (Fsp3) is 0.409. The molecule has 1 fully saturated rings. The molecule has 2 aromatic carbocycles. The smallest absolute Gasteiger partial charge is 0.317 e. The number of likely N-dealkylation sites (N-methyl/N-ethyl adjacent to an activating group) is 1. The van der Waals surface area contributed by atoms with E-state index in [-0.39, 0.29) is 24.5 Å². The first-order chi connectivity index (χ1) is 13.5. The molecule has 0 N–H and O–H groups in total. The Balaban J connectivity index is 1.85. The van der Waals surface area contributed by atoms with Crippen molar-refractivity contribution in [2.24, 2.45) is 5.41 Å². The van der Waals surface area contributed by atoms with E-state index in [9.17, 15) is 4.79 Å². The number of fused-ring (bicyclic) bond motifs is 3. The van der Waals surface area contributed by atoms with E-state index in [0.717, 1.165) is 28.4 Å². The molecule has 0 spiro atoms. The summed E-state index contributed by atoms with van der Waals surface area (Å²) in [6.45, 7) is 0.983. The second kappa shape index (κ2) is 7.02. The first-order valence-electron chi connectivity index (χ1n) is 9.28. The Hall–Kier alpha value is -2.73. The third kappa shape index (κ3) is 2.63. The van der Waals surface area contributed by atoms with Crippen LogP contribution in [0.4, 0.5) is 0 Å². The molecule has 0 aromatic heterocycles. The highest BCUT2D eigenvalue weighted by molar-refractivity contribution is 5.81. The molecule has 6 heteroatoms. The van der Waals surface area contributed by atoms with Crippen molar-refractivity contribution in [3.8, 4) is 17.2 Å². The van der Waals surface area contributed by atoms with E-state index in [4.69, 9.17) is 18.9 Å². The van der Waals surface area contributed by atoms with Crippen molar-refractivity contribution < 1.29 is 23.7 Å². The maximum Gasteiger partial charge on any atom is 0.317 e. The predicted molar refractivity (Wildman–Crippen MR) is 104 cm³/mol. The van der Waals surface area contributed by atoms with Gasteiger partial charge in [0, 0.05) is 18.0 Å². The lowest BCUT2D eigenvalue weighted by Crippen LogP contribution is -2.48. The highest BCUT2D eigenvalue weighted by Crippen LogP contribution is 2.59. The van der Waals surface area contributed by atoms with Gasteiger partial charge in [-0.2, -0.15) is 0 Å². The van der Waals surface area contributed by atoms with E-state index in [1.54, 1.807) is 14.2 Å². The van der Waals surface area contributed by atoms with E-state index < -0.39 is 5.41 Å². The minimum atomic E-state index is -0.836. The summed E-state index contributed by atoms with van der Waals surface area (Å²) in [5, 5.41) is 0. The van der Waals surface area contributed by atoms with Crippen LogP contribution in [0.3, 0.4) is 0 Å². The summed E-state index contributed by atoms with van der Waals surface area (Å²) in [7, 11) is 6.76. The van der Waals surface area contributed by atoms with Crippen LogP contribution in [0.1, 0.15) is 23.1 Å². The Morgan fingerprint density at radius 2 is 1.75 bits per heavy atom. The number of nitrogens with zero attached hydrogens (tertiary/aromatic N) is 1. The highest BCUT2D eigenvalue weighted by Gasteiger charge is 2.62. The van der Waals surface area contributed by atoms with E-state index >= 15 is 0 Å². The molecule has 0 bridgehead atoms. The van der Waals surface area contributed by atoms with Crippen LogP contribution < -0.4 is 14.2 Å². The average Bonchev–Trinajstić information content (AvgIpc) is 3.06. The molecule has 2 aliphatic rings. The van der Waals surface area contributed by atoms with E-state index in [0.29, 0.717) is 6.54 Å². The fourth-order valence-corrected chi connectivity index (χ4v) is 4.77. The summed E-state index contributed by atoms with van der Waals surface area (Å²) >= 11 is 0. The number of hydrogen-bond acceptors (Lipinski definition) is 6. The molecule has 0 unspecified atom stereocenters. The van der Waals surface area contributed by atoms with E-state index in [1.165, 1.54) is 7.11 Å². The standard InChI is InChI=1S/C22H25NO5/c1-23-12-18(14-5-7-15(25-2)8-6-14)22(21(24)27-4)13-28-19-10-9-16(26-3)11-17(19)20(22)23/h5-11,18,20H,12-13H2,1-4H3/t18-,20+,22-/m0/s1. The average molecular weight is 383 g/mol. The van der Waals surface area contributed by atoms with Crippen LogP contribution in [0.15, 0.2) is 42.5 Å². The quantitative estimate of drug-likeness (QED) is 0.757. The van der Waals surface area contributed by atoms with Gasteiger partial charge in [-0.25, -0.2) is 0 Å². The molecule has 148 valence electrons. The van der Waals surface area contributed by atoms with Gasteiger partial charge in [-0.3, -0.25) is 9.69 Å². The first kappa shape index (κ1) is 18.6. The van der Waals surface area contributed by atoms with Gasteiger partial charge in [0.2, 0.25) is 0 Å². The molecule has 4 rings (SSSR count). The lowest BCUT2D eigenvalue weighted by atomic mass is 9.67. The molecule has 28 heavy (non-hydrogen) atoms. The van der Waals surface area contributed by atoms with Crippen LogP contribution in [0.5, 0.6) is 17.2 Å². The van der Waals surface area contributed by atoms with Crippen LogP contribution >= 0.6 is 0 Å². The number of esters is 1. The summed E-state index contributed by atoms with van der Waals surface area (Å²) in [6, 6.07) is 13.5. The largest absolute Gasteiger partial charge is 0.497 e. The minimum absolute atomic E-state index is 0.0693. The topological polar surface area (TPSA) is 57.2 Å². The summed E-state index contributed by atoms with van der Waals surface area (Å²) < 4.78 is 22.1. The van der Waals surface area contributed by atoms with Crippen LogP contribution in [0.25, 0.3) is 0 Å². The van der Waals surface area contributed by atoms with Crippen LogP contribution in [0.2, 0.25) is 0 Å². The van der Waals surface area contributed by atoms with Gasteiger partial charge in [-0.15, -0.1) is 0 Å². The van der Waals surface area contributed by atoms with Crippen LogP contribution in [-0.4, -0.2) is 52.4 Å². The van der Waals surface area contributed by atoms with Gasteiger partial charge in [0.05, 0.1) is 27.4 Å². The third-order valence-electron chi connectivity index (χ3n) is 6.08. The van der Waals surface area contributed by atoms with Gasteiger partial charge < -0.3 is 18.9 Å². The Kier molecular flexibility index (Phi) is 4.67. The number of ether oxygens (including phenoxy) is 4. The number of hydrogen-bond donors (Lipinski definition) is 0. The molecule has 0 amide bonds. The molecule has 2 aromatic rings. The van der Waals surface area contributed by atoms with Crippen molar-refractivity contribution in [1.82, 2.24) is 4.90 Å². The van der Waals surface area contributed by atoms with Gasteiger partial charge in [0.25, 0.3) is 0 Å². The Morgan fingerprint density at radius 3 is 2.39 bits per heavy atom. The van der Waals surface area contributed by atoms with Gasteiger partial charge in [0.1, 0.15) is 29.3 Å². The Bertz CT molecular complexity index is 881. The van der Waals surface area contributed by atoms with Crippen molar-refractivity contribution in [2.75, 3.05) is 41.5 Å². The molecule has 2 aliphatic heterocycles. The zero-order valence-electron chi connectivity index (χ0n) is 16.6. The SMILES string of the molecule is COC(=O)[C@]12COc3ccc(OC)cc3[C@H]1N(C)C[C@H]2c1ccc(OC)cc1. The molecule has 1 saturated heterocycles. The zero-order chi connectivity index (χ0) is 19.9. The van der Waals surface area contributed by atoms with Crippen molar-refractivity contribution in [2.45, 2.75) is 12.0 Å². The van der Waals surface area contributed by atoms with E-state index in [1.807, 2.05) is 49.5 Å². The number of carbonyl (C=O) groups is 1. The summed E-state index contributed by atoms with van der Waals surface area (Å²) in [5.41, 5.74) is 1.18. The van der Waals surface area contributed by atoms with Gasteiger partial charge in [-0.05, 0) is 42.9 Å². The second-order valence-corrected chi connectivity index (χ2v) is 7.39. The summed E-state index contributed by atoms with van der Waals surface area (Å²) in [5.74, 6) is 1.99.